The van der Waals surface area contributed by atoms with E-state index in [0.29, 0.717) is 22.2 Å². The monoisotopic (exact) mass is 639 g/mol. The molecule has 1 N–H and O–H groups in total. The SMILES string of the molecule is CCNC(=O)[C@H](CC)N(Cc1ccc(Cl)cc1Cl)C(=O)CN(c1cc(Cl)ccc1OC)S(=O)(=O)c1ccc(C)cc1. The summed E-state index contributed by atoms with van der Waals surface area (Å²) in [5.74, 6) is -0.811. The lowest BCUT2D eigenvalue weighted by Crippen LogP contribution is -2.52. The predicted octanol–water partition coefficient (Wildman–Crippen LogP) is 6.10. The van der Waals surface area contributed by atoms with E-state index < -0.39 is 28.5 Å². The highest BCUT2D eigenvalue weighted by Crippen LogP contribution is 2.35. The third kappa shape index (κ3) is 7.86. The number of hydrogen-bond acceptors (Lipinski definition) is 5. The molecule has 0 aliphatic carbocycles. The Balaban J connectivity index is 2.15. The number of carbonyl (C=O) groups is 2. The number of rotatable bonds is 12. The minimum absolute atomic E-state index is 0.0269. The summed E-state index contributed by atoms with van der Waals surface area (Å²) in [6.45, 7) is 5.03. The van der Waals surface area contributed by atoms with Crippen molar-refractivity contribution in [3.8, 4) is 5.75 Å². The maximum absolute atomic E-state index is 14.1. The van der Waals surface area contributed by atoms with Crippen molar-refractivity contribution < 1.29 is 22.7 Å². The molecule has 0 saturated carbocycles. The number of benzene rings is 3. The molecule has 0 heterocycles. The van der Waals surface area contributed by atoms with E-state index in [4.69, 9.17) is 39.5 Å². The van der Waals surface area contributed by atoms with Crippen molar-refractivity contribution in [2.75, 3.05) is 24.5 Å². The van der Waals surface area contributed by atoms with Crippen LogP contribution in [0.3, 0.4) is 0 Å². The first-order valence-electron chi connectivity index (χ1n) is 12.9. The normalized spacial score (nSPS) is 12.0. The number of nitrogens with one attached hydrogen (secondary N) is 1. The number of ether oxygens (including phenoxy) is 1. The molecule has 0 aromatic heterocycles. The number of hydrogen-bond donors (Lipinski definition) is 1. The summed E-state index contributed by atoms with van der Waals surface area (Å²) in [5, 5.41) is 3.72. The van der Waals surface area contributed by atoms with E-state index in [-0.39, 0.29) is 40.2 Å². The summed E-state index contributed by atoms with van der Waals surface area (Å²) < 4.78 is 34.5. The number of amides is 2. The highest BCUT2D eigenvalue weighted by Gasteiger charge is 2.35. The number of nitrogens with zero attached hydrogens (tertiary/aromatic N) is 2. The molecule has 41 heavy (non-hydrogen) atoms. The average molecular weight is 641 g/mol. The third-order valence-corrected chi connectivity index (χ3v) is 8.99. The lowest BCUT2D eigenvalue weighted by molar-refractivity contribution is -0.140. The molecule has 0 fully saturated rings. The summed E-state index contributed by atoms with van der Waals surface area (Å²) >= 11 is 18.8. The quantitative estimate of drug-likeness (QED) is 0.258. The van der Waals surface area contributed by atoms with E-state index >= 15 is 0 Å². The molecule has 0 aliphatic heterocycles. The molecule has 0 bridgehead atoms. The van der Waals surface area contributed by atoms with E-state index in [9.17, 15) is 18.0 Å². The van der Waals surface area contributed by atoms with E-state index in [2.05, 4.69) is 5.32 Å². The smallest absolute Gasteiger partial charge is 0.264 e. The van der Waals surface area contributed by atoms with Gasteiger partial charge in [0.05, 0.1) is 17.7 Å². The Morgan fingerprint density at radius 1 is 0.951 bits per heavy atom. The first-order chi connectivity index (χ1) is 19.4. The molecule has 3 aromatic carbocycles. The Morgan fingerprint density at radius 2 is 1.59 bits per heavy atom. The van der Waals surface area contributed by atoms with Gasteiger partial charge in [0.1, 0.15) is 18.3 Å². The van der Waals surface area contributed by atoms with Gasteiger partial charge in [0.25, 0.3) is 10.0 Å². The van der Waals surface area contributed by atoms with Gasteiger partial charge in [0.2, 0.25) is 11.8 Å². The van der Waals surface area contributed by atoms with Crippen LogP contribution >= 0.6 is 34.8 Å². The first-order valence-corrected chi connectivity index (χ1v) is 15.4. The molecule has 1 atom stereocenters. The van der Waals surface area contributed by atoms with Crippen LogP contribution in [0.25, 0.3) is 0 Å². The summed E-state index contributed by atoms with van der Waals surface area (Å²) in [6.07, 6.45) is 0.272. The average Bonchev–Trinajstić information content (AvgIpc) is 2.93. The van der Waals surface area contributed by atoms with Gasteiger partial charge in [0, 0.05) is 28.2 Å². The van der Waals surface area contributed by atoms with E-state index in [1.807, 2.05) is 6.92 Å². The van der Waals surface area contributed by atoms with Gasteiger partial charge in [-0.2, -0.15) is 0 Å². The Hall–Kier alpha value is -2.98. The van der Waals surface area contributed by atoms with Crippen molar-refractivity contribution in [1.29, 1.82) is 0 Å². The fourth-order valence-corrected chi connectivity index (χ4v) is 6.30. The molecular formula is C29H32Cl3N3O5S. The maximum Gasteiger partial charge on any atom is 0.264 e. The number of methoxy groups -OCH3 is 1. The molecule has 2 amide bonds. The molecule has 3 rings (SSSR count). The van der Waals surface area contributed by atoms with Gasteiger partial charge >= 0.3 is 0 Å². The Bertz CT molecular complexity index is 1500. The number of likely N-dealkylation sites (N-methyl/N-ethyl adjacent to an activating group) is 1. The second-order valence-electron chi connectivity index (χ2n) is 9.22. The highest BCUT2D eigenvalue weighted by molar-refractivity contribution is 7.92. The fraction of sp³-hybridized carbons (Fsp3) is 0.310. The minimum Gasteiger partial charge on any atom is -0.495 e. The molecule has 0 aliphatic rings. The topological polar surface area (TPSA) is 96.0 Å². The molecule has 0 spiro atoms. The van der Waals surface area contributed by atoms with Gasteiger partial charge < -0.3 is 15.0 Å². The lowest BCUT2D eigenvalue weighted by atomic mass is 10.1. The first kappa shape index (κ1) is 32.5. The van der Waals surface area contributed by atoms with E-state index in [1.54, 1.807) is 50.2 Å². The second kappa shape index (κ2) is 14.3. The van der Waals surface area contributed by atoms with Crippen LogP contribution in [0.1, 0.15) is 31.4 Å². The van der Waals surface area contributed by atoms with Crippen molar-refractivity contribution in [2.24, 2.45) is 0 Å². The summed E-state index contributed by atoms with van der Waals surface area (Å²) in [5.41, 5.74) is 1.48. The van der Waals surface area contributed by atoms with Gasteiger partial charge in [-0.05, 0) is 68.3 Å². The molecule has 3 aromatic rings. The van der Waals surface area contributed by atoms with Crippen molar-refractivity contribution in [3.63, 3.8) is 0 Å². The van der Waals surface area contributed by atoms with Crippen LogP contribution in [0.2, 0.25) is 15.1 Å². The van der Waals surface area contributed by atoms with Crippen LogP contribution < -0.4 is 14.4 Å². The van der Waals surface area contributed by atoms with Gasteiger partial charge in [-0.15, -0.1) is 0 Å². The number of halogens is 3. The van der Waals surface area contributed by atoms with Crippen molar-refractivity contribution >= 4 is 62.3 Å². The maximum atomic E-state index is 14.1. The largest absolute Gasteiger partial charge is 0.495 e. The van der Waals surface area contributed by atoms with Crippen LogP contribution in [0, 0.1) is 6.92 Å². The van der Waals surface area contributed by atoms with E-state index in [1.165, 1.54) is 36.3 Å². The third-order valence-electron chi connectivity index (χ3n) is 6.39. The van der Waals surface area contributed by atoms with Gasteiger partial charge in [0.15, 0.2) is 0 Å². The van der Waals surface area contributed by atoms with Crippen LogP contribution in [0.15, 0.2) is 65.6 Å². The highest BCUT2D eigenvalue weighted by atomic mass is 35.5. The molecule has 220 valence electrons. The minimum atomic E-state index is -4.30. The van der Waals surface area contributed by atoms with Crippen LogP contribution in [-0.2, 0) is 26.2 Å². The van der Waals surface area contributed by atoms with Crippen LogP contribution in [0.4, 0.5) is 5.69 Å². The molecule has 8 nitrogen and oxygen atoms in total. The van der Waals surface area contributed by atoms with Gasteiger partial charge in [-0.25, -0.2) is 8.42 Å². The molecule has 12 heteroatoms. The zero-order valence-electron chi connectivity index (χ0n) is 23.2. The van der Waals surface area contributed by atoms with E-state index in [0.717, 1.165) is 9.87 Å². The van der Waals surface area contributed by atoms with Crippen molar-refractivity contribution in [2.45, 2.75) is 44.7 Å². The molecular weight excluding hydrogens is 609 g/mol. The Kier molecular flexibility index (Phi) is 11.3. The number of anilines is 1. The molecule has 0 unspecified atom stereocenters. The van der Waals surface area contributed by atoms with Crippen molar-refractivity contribution in [1.82, 2.24) is 10.2 Å². The molecule has 0 saturated heterocycles. The standard InChI is InChI=1S/C29H32Cl3N3O5S/c1-5-25(29(37)33-6-2)34(17-20-9-10-21(30)15-24(20)32)28(36)18-35(26-16-22(31)11-14-27(26)40-4)41(38,39)23-12-7-19(3)8-13-23/h7-16,25H,5-6,17-18H2,1-4H3,(H,33,37)/t25-/m0/s1. The number of sulfonamides is 1. The predicted molar refractivity (Wildman–Crippen MR) is 163 cm³/mol. The lowest BCUT2D eigenvalue weighted by Gasteiger charge is -2.33. The zero-order chi connectivity index (χ0) is 30.3. The second-order valence-corrected chi connectivity index (χ2v) is 12.4. The number of carbonyl (C=O) groups excluding carboxylic acids is 2. The zero-order valence-corrected chi connectivity index (χ0v) is 26.2. The Morgan fingerprint density at radius 3 is 2.17 bits per heavy atom. The van der Waals surface area contributed by atoms with Gasteiger partial charge in [-0.1, -0.05) is 65.5 Å². The summed E-state index contributed by atoms with van der Waals surface area (Å²) in [7, 11) is -2.90. The van der Waals surface area contributed by atoms with Crippen molar-refractivity contribution in [3.05, 3.63) is 86.9 Å². The van der Waals surface area contributed by atoms with Crippen LogP contribution in [-0.4, -0.2) is 51.4 Å². The summed E-state index contributed by atoms with van der Waals surface area (Å²) in [6, 6.07) is 14.7. The summed E-state index contributed by atoms with van der Waals surface area (Å²) in [4.78, 5) is 28.5. The van der Waals surface area contributed by atoms with Gasteiger partial charge in [-0.3, -0.25) is 13.9 Å². The number of aryl methyl sites for hydroxylation is 1. The van der Waals surface area contributed by atoms with Crippen LogP contribution in [0.5, 0.6) is 5.75 Å². The fourth-order valence-electron chi connectivity index (χ4n) is 4.25. The molecule has 0 radical (unpaired) electrons. The Labute approximate surface area is 256 Å².